The molecule has 140 valence electrons. The van der Waals surface area contributed by atoms with E-state index in [1.807, 2.05) is 11.8 Å². The highest BCUT2D eigenvalue weighted by atomic mass is 35.5. The minimum atomic E-state index is -1.08. The number of carbonyl (C=O) groups is 2. The van der Waals surface area contributed by atoms with Crippen molar-refractivity contribution >= 4 is 35.5 Å². The maximum atomic E-state index is 11.6. The lowest BCUT2D eigenvalue weighted by Gasteiger charge is -2.37. The van der Waals surface area contributed by atoms with Gasteiger partial charge in [-0.05, 0) is 12.5 Å². The summed E-state index contributed by atoms with van der Waals surface area (Å²) in [6, 6.07) is 3.28. The number of halogens is 1. The molecule has 2 atom stereocenters. The lowest BCUT2D eigenvalue weighted by Crippen LogP contribution is -2.48. The van der Waals surface area contributed by atoms with Crippen LogP contribution in [0.4, 0.5) is 16.3 Å². The molecule has 1 amide bonds. The highest BCUT2D eigenvalue weighted by molar-refractivity contribution is 6.29. The van der Waals surface area contributed by atoms with Gasteiger partial charge in [0, 0.05) is 30.3 Å². The fourth-order valence-corrected chi connectivity index (χ4v) is 3.69. The second-order valence-corrected chi connectivity index (χ2v) is 6.94. The monoisotopic (exact) mass is 389 g/mol. The lowest BCUT2D eigenvalue weighted by molar-refractivity contribution is 0.112. The number of anilines is 2. The van der Waals surface area contributed by atoms with Crippen LogP contribution in [0.25, 0.3) is 0 Å². The normalized spacial score (nSPS) is 20.8. The molecule has 0 aliphatic carbocycles. The first kappa shape index (κ1) is 17.5. The van der Waals surface area contributed by atoms with Gasteiger partial charge in [-0.15, -0.1) is 10.2 Å². The molecular formula is C17H16ClN5O4. The Morgan fingerprint density at radius 2 is 2.19 bits per heavy atom. The van der Waals surface area contributed by atoms with Crippen LogP contribution in [0, 0.1) is 6.92 Å². The minimum Gasteiger partial charge on any atom is -0.472 e. The van der Waals surface area contributed by atoms with Gasteiger partial charge in [-0.2, -0.15) is 0 Å². The van der Waals surface area contributed by atoms with Crippen LogP contribution in [-0.4, -0.2) is 57.9 Å². The zero-order valence-corrected chi connectivity index (χ0v) is 15.1. The molecule has 1 N–H and O–H groups in total. The van der Waals surface area contributed by atoms with Crippen molar-refractivity contribution < 1.29 is 19.4 Å². The van der Waals surface area contributed by atoms with Crippen molar-refractivity contribution in [2.75, 3.05) is 22.9 Å². The van der Waals surface area contributed by atoms with Crippen LogP contribution < -0.4 is 14.5 Å². The van der Waals surface area contributed by atoms with Crippen LogP contribution >= 0.6 is 11.6 Å². The summed E-state index contributed by atoms with van der Waals surface area (Å²) < 4.78 is 5.98. The Bertz CT molecular complexity index is 924. The number of fused-ring (bicyclic) bond motifs is 3. The number of nitrogens with zero attached hydrogens (tertiary/aromatic N) is 5. The number of rotatable bonds is 3. The molecule has 27 heavy (non-hydrogen) atoms. The molecule has 2 aliphatic rings. The minimum absolute atomic E-state index is 0.0609. The van der Waals surface area contributed by atoms with E-state index >= 15 is 0 Å². The van der Waals surface area contributed by atoms with Gasteiger partial charge in [-0.3, -0.25) is 9.69 Å². The van der Waals surface area contributed by atoms with Gasteiger partial charge in [0.1, 0.15) is 6.10 Å². The van der Waals surface area contributed by atoms with Crippen molar-refractivity contribution in [3.05, 3.63) is 34.6 Å². The van der Waals surface area contributed by atoms with Gasteiger partial charge in [-0.25, -0.2) is 9.78 Å². The Morgan fingerprint density at radius 1 is 1.37 bits per heavy atom. The Morgan fingerprint density at radius 3 is 2.89 bits per heavy atom. The second kappa shape index (κ2) is 6.66. The van der Waals surface area contributed by atoms with Gasteiger partial charge in [0.25, 0.3) is 0 Å². The Labute approximate surface area is 159 Å². The first-order valence-corrected chi connectivity index (χ1v) is 8.73. The first-order valence-electron chi connectivity index (χ1n) is 8.35. The smallest absolute Gasteiger partial charge is 0.413 e. The molecule has 0 aromatic carbocycles. The molecule has 2 aromatic heterocycles. The number of aromatic nitrogens is 3. The molecule has 0 spiro atoms. The van der Waals surface area contributed by atoms with Crippen molar-refractivity contribution in [2.45, 2.75) is 25.5 Å². The number of ether oxygens (including phenoxy) is 1. The predicted octanol–water partition coefficient (Wildman–Crippen LogP) is 2.17. The second-order valence-electron chi connectivity index (χ2n) is 6.55. The summed E-state index contributed by atoms with van der Waals surface area (Å²) in [5.41, 5.74) is 1.93. The van der Waals surface area contributed by atoms with Crippen molar-refractivity contribution in [2.24, 2.45) is 0 Å². The molecule has 0 bridgehead atoms. The van der Waals surface area contributed by atoms with E-state index in [4.69, 9.17) is 16.3 Å². The van der Waals surface area contributed by atoms with E-state index in [9.17, 15) is 14.7 Å². The van der Waals surface area contributed by atoms with Gasteiger partial charge < -0.3 is 14.7 Å². The van der Waals surface area contributed by atoms with Crippen LogP contribution in [0.1, 0.15) is 22.3 Å². The van der Waals surface area contributed by atoms with Crippen LogP contribution in [-0.2, 0) is 0 Å². The molecule has 10 heteroatoms. The third kappa shape index (κ3) is 3.14. The Kier molecular flexibility index (Phi) is 4.31. The fourth-order valence-electron chi connectivity index (χ4n) is 3.55. The van der Waals surface area contributed by atoms with Crippen molar-refractivity contribution in [3.8, 4) is 5.88 Å². The zero-order chi connectivity index (χ0) is 19.1. The number of hydrogen-bond donors (Lipinski definition) is 1. The third-order valence-corrected chi connectivity index (χ3v) is 5.02. The summed E-state index contributed by atoms with van der Waals surface area (Å²) in [7, 11) is 0. The molecule has 4 rings (SSSR count). The van der Waals surface area contributed by atoms with Crippen molar-refractivity contribution in [1.29, 1.82) is 0 Å². The number of carboxylic acid groups (broad SMARTS) is 1. The average Bonchev–Trinajstić information content (AvgIpc) is 3.03. The maximum absolute atomic E-state index is 11.6. The molecule has 0 saturated carbocycles. The Hall–Kier alpha value is -2.94. The number of aldehydes is 1. The fraction of sp³-hybridized carbons (Fsp3) is 0.353. The van der Waals surface area contributed by atoms with Crippen LogP contribution in [0.15, 0.2) is 18.3 Å². The molecular weight excluding hydrogens is 374 g/mol. The van der Waals surface area contributed by atoms with Gasteiger partial charge >= 0.3 is 6.09 Å². The number of pyridine rings is 1. The highest BCUT2D eigenvalue weighted by Crippen LogP contribution is 2.39. The van der Waals surface area contributed by atoms with Gasteiger partial charge in [0.15, 0.2) is 17.3 Å². The summed E-state index contributed by atoms with van der Waals surface area (Å²) in [4.78, 5) is 29.9. The van der Waals surface area contributed by atoms with E-state index in [1.165, 1.54) is 11.1 Å². The topological polar surface area (TPSA) is 109 Å². The first-order chi connectivity index (χ1) is 13.0. The molecule has 2 aromatic rings. The molecule has 2 aliphatic heterocycles. The standard InChI is InChI=1S/C17H16ClN5O4/c1-9-2-15(19-5-10(9)8-24)27-12-3-11-6-23(17(25)26)16-13(22(11)7-12)4-14(18)20-21-16/h2,4-5,8,11-12H,3,6-7H2,1H3,(H,25,26)/t11-,12-/m1/s1. The van der Waals surface area contributed by atoms with Crippen LogP contribution in [0.2, 0.25) is 5.15 Å². The third-order valence-electron chi connectivity index (χ3n) is 4.83. The predicted molar refractivity (Wildman–Crippen MR) is 96.9 cm³/mol. The molecule has 1 fully saturated rings. The van der Waals surface area contributed by atoms with Crippen LogP contribution in [0.3, 0.4) is 0 Å². The number of carbonyl (C=O) groups excluding carboxylic acids is 1. The quantitative estimate of drug-likeness (QED) is 0.795. The maximum Gasteiger partial charge on any atom is 0.413 e. The van der Waals surface area contributed by atoms with E-state index in [1.54, 1.807) is 12.1 Å². The lowest BCUT2D eigenvalue weighted by atomic mass is 10.1. The molecule has 0 unspecified atom stereocenters. The largest absolute Gasteiger partial charge is 0.472 e. The van der Waals surface area contributed by atoms with E-state index in [0.29, 0.717) is 30.1 Å². The van der Waals surface area contributed by atoms with Gasteiger partial charge in [-0.1, -0.05) is 11.6 Å². The molecule has 4 heterocycles. The number of amides is 1. The van der Waals surface area contributed by atoms with Crippen LogP contribution in [0.5, 0.6) is 5.88 Å². The summed E-state index contributed by atoms with van der Waals surface area (Å²) in [6.45, 7) is 2.64. The SMILES string of the molecule is Cc1cc(O[C@@H]2C[C@@H]3CN(C(=O)O)c4nnc(Cl)cc4N3C2)ncc1C=O. The summed E-state index contributed by atoms with van der Waals surface area (Å²) >= 11 is 5.97. The van der Waals surface area contributed by atoms with Crippen molar-refractivity contribution in [1.82, 2.24) is 15.2 Å². The summed E-state index contributed by atoms with van der Waals surface area (Å²) in [6.07, 6.45) is 1.59. The van der Waals surface area contributed by atoms with E-state index in [0.717, 1.165) is 11.8 Å². The van der Waals surface area contributed by atoms with Crippen molar-refractivity contribution in [3.63, 3.8) is 0 Å². The number of hydrogen-bond acceptors (Lipinski definition) is 7. The van der Waals surface area contributed by atoms with E-state index < -0.39 is 6.09 Å². The Balaban J connectivity index is 1.58. The van der Waals surface area contributed by atoms with E-state index in [-0.39, 0.29) is 29.7 Å². The highest BCUT2D eigenvalue weighted by Gasteiger charge is 2.42. The van der Waals surface area contributed by atoms with E-state index in [2.05, 4.69) is 15.2 Å². The summed E-state index contributed by atoms with van der Waals surface area (Å²) in [5.74, 6) is 0.706. The molecule has 1 saturated heterocycles. The van der Waals surface area contributed by atoms with Gasteiger partial charge in [0.05, 0.1) is 24.8 Å². The van der Waals surface area contributed by atoms with Gasteiger partial charge in [0.2, 0.25) is 5.88 Å². The average molecular weight is 390 g/mol. The molecule has 0 radical (unpaired) electrons. The summed E-state index contributed by atoms with van der Waals surface area (Å²) in [5, 5.41) is 17.4. The molecule has 9 nitrogen and oxygen atoms in total. The zero-order valence-electron chi connectivity index (χ0n) is 14.4. The number of aryl methyl sites for hydroxylation is 1.